The van der Waals surface area contributed by atoms with Gasteiger partial charge in [-0.1, -0.05) is 12.1 Å². The van der Waals surface area contributed by atoms with Crippen LogP contribution in [0.5, 0.6) is 5.75 Å². The van der Waals surface area contributed by atoms with Crippen molar-refractivity contribution < 1.29 is 9.53 Å². The number of hydrogen-bond acceptors (Lipinski definition) is 3. The predicted octanol–water partition coefficient (Wildman–Crippen LogP) is 3.21. The van der Waals surface area contributed by atoms with E-state index >= 15 is 0 Å². The Morgan fingerprint density at radius 3 is 3.00 bits per heavy atom. The fourth-order valence-electron chi connectivity index (χ4n) is 3.36. The molecule has 0 aliphatic carbocycles. The first kappa shape index (κ1) is 17.5. The number of nitrogens with zero attached hydrogens (tertiary/aromatic N) is 3. The largest absolute Gasteiger partial charge is 0.493 e. The van der Waals surface area contributed by atoms with E-state index in [0.717, 1.165) is 37.5 Å². The molecular formula is C20H27N3O2. The molecule has 1 atom stereocenters. The maximum atomic E-state index is 12.5. The number of aryl methyl sites for hydroxylation is 3. The Morgan fingerprint density at radius 1 is 1.36 bits per heavy atom. The van der Waals surface area contributed by atoms with E-state index in [0.29, 0.717) is 25.5 Å². The molecule has 5 nitrogen and oxygen atoms in total. The van der Waals surface area contributed by atoms with Crippen molar-refractivity contribution in [2.24, 2.45) is 5.92 Å². The summed E-state index contributed by atoms with van der Waals surface area (Å²) in [6.45, 7) is 7.07. The van der Waals surface area contributed by atoms with Gasteiger partial charge in [0.2, 0.25) is 5.91 Å². The number of aromatic nitrogens is 2. The quantitative estimate of drug-likeness (QED) is 0.810. The average Bonchev–Trinajstić information content (AvgIpc) is 3.03. The van der Waals surface area contributed by atoms with Gasteiger partial charge in [0.15, 0.2) is 0 Å². The number of amides is 1. The summed E-state index contributed by atoms with van der Waals surface area (Å²) < 4.78 is 7.97. The minimum absolute atomic E-state index is 0.230. The second-order valence-corrected chi connectivity index (χ2v) is 6.89. The number of ether oxygens (including phenoxy) is 1. The van der Waals surface area contributed by atoms with Gasteiger partial charge in [-0.25, -0.2) is 4.98 Å². The average molecular weight is 341 g/mol. The Labute approximate surface area is 149 Å². The van der Waals surface area contributed by atoms with E-state index < -0.39 is 0 Å². The number of piperidine rings is 1. The Bertz CT molecular complexity index is 710. The molecule has 0 N–H and O–H groups in total. The highest BCUT2D eigenvalue weighted by molar-refractivity contribution is 5.76. The SMILES string of the molecule is Cc1cccc(OC[C@H]2CCCN(C(=O)CCn3ccnc3C)C2)c1. The first-order valence-electron chi connectivity index (χ1n) is 9.07. The number of carbonyl (C=O) groups excluding carboxylic acids is 1. The molecular weight excluding hydrogens is 314 g/mol. The van der Waals surface area contributed by atoms with Gasteiger partial charge in [0.1, 0.15) is 11.6 Å². The van der Waals surface area contributed by atoms with Crippen LogP contribution in [-0.4, -0.2) is 40.1 Å². The lowest BCUT2D eigenvalue weighted by Crippen LogP contribution is -2.41. The molecule has 134 valence electrons. The van der Waals surface area contributed by atoms with Crippen molar-refractivity contribution in [2.75, 3.05) is 19.7 Å². The Balaban J connectivity index is 1.47. The number of hydrogen-bond donors (Lipinski definition) is 0. The summed E-state index contributed by atoms with van der Waals surface area (Å²) in [4.78, 5) is 18.7. The smallest absolute Gasteiger partial charge is 0.224 e. The fraction of sp³-hybridized carbons (Fsp3) is 0.500. The highest BCUT2D eigenvalue weighted by atomic mass is 16.5. The van der Waals surface area contributed by atoms with Crippen molar-refractivity contribution in [3.8, 4) is 5.75 Å². The zero-order valence-corrected chi connectivity index (χ0v) is 15.1. The standard InChI is InChI=1S/C20H27N3O2/c1-16-5-3-7-19(13-16)25-15-18-6-4-10-23(14-18)20(24)8-11-22-12-9-21-17(22)2/h3,5,7,9,12-13,18H,4,6,8,10-11,14-15H2,1-2H3/t18-/m0/s1. The molecule has 0 unspecified atom stereocenters. The molecule has 5 heteroatoms. The molecule has 0 radical (unpaired) electrons. The molecule has 0 spiro atoms. The number of benzene rings is 1. The fourth-order valence-corrected chi connectivity index (χ4v) is 3.36. The summed E-state index contributed by atoms with van der Waals surface area (Å²) in [7, 11) is 0. The summed E-state index contributed by atoms with van der Waals surface area (Å²) >= 11 is 0. The van der Waals surface area contributed by atoms with Crippen LogP contribution >= 0.6 is 0 Å². The van der Waals surface area contributed by atoms with Crippen LogP contribution in [-0.2, 0) is 11.3 Å². The summed E-state index contributed by atoms with van der Waals surface area (Å²) in [5, 5.41) is 0. The topological polar surface area (TPSA) is 47.4 Å². The van der Waals surface area contributed by atoms with Crippen molar-refractivity contribution in [1.29, 1.82) is 0 Å². The van der Waals surface area contributed by atoms with Gasteiger partial charge >= 0.3 is 0 Å². The molecule has 2 aromatic rings. The van der Waals surface area contributed by atoms with Crippen LogP contribution in [0.25, 0.3) is 0 Å². The Kier molecular flexibility index (Phi) is 5.74. The molecule has 1 aliphatic rings. The van der Waals surface area contributed by atoms with Gasteiger partial charge in [-0.2, -0.15) is 0 Å². The monoisotopic (exact) mass is 341 g/mol. The first-order valence-corrected chi connectivity index (χ1v) is 9.07. The number of carbonyl (C=O) groups is 1. The predicted molar refractivity (Wildman–Crippen MR) is 97.6 cm³/mol. The van der Waals surface area contributed by atoms with Gasteiger partial charge in [0.05, 0.1) is 6.61 Å². The molecule has 1 amide bonds. The Morgan fingerprint density at radius 2 is 2.24 bits per heavy atom. The van der Waals surface area contributed by atoms with Crippen molar-refractivity contribution in [3.63, 3.8) is 0 Å². The summed E-state index contributed by atoms with van der Waals surface area (Å²) in [6, 6.07) is 8.13. The van der Waals surface area contributed by atoms with Crippen molar-refractivity contribution in [2.45, 2.75) is 39.7 Å². The zero-order chi connectivity index (χ0) is 17.6. The van der Waals surface area contributed by atoms with E-state index in [4.69, 9.17) is 4.74 Å². The maximum absolute atomic E-state index is 12.5. The van der Waals surface area contributed by atoms with Gasteiger partial charge in [-0.15, -0.1) is 0 Å². The molecule has 25 heavy (non-hydrogen) atoms. The normalized spacial score (nSPS) is 17.5. The van der Waals surface area contributed by atoms with E-state index in [9.17, 15) is 4.79 Å². The lowest BCUT2D eigenvalue weighted by Gasteiger charge is -2.32. The molecule has 1 aliphatic heterocycles. The molecule has 1 saturated heterocycles. The van der Waals surface area contributed by atoms with Crippen molar-refractivity contribution >= 4 is 5.91 Å². The molecule has 0 bridgehead atoms. The third-order valence-corrected chi connectivity index (χ3v) is 4.84. The van der Waals surface area contributed by atoms with E-state index in [1.54, 1.807) is 6.20 Å². The van der Waals surface area contributed by atoms with Crippen LogP contribution in [0, 0.1) is 19.8 Å². The number of rotatable bonds is 6. The highest BCUT2D eigenvalue weighted by Crippen LogP contribution is 2.20. The van der Waals surface area contributed by atoms with Gasteiger partial charge < -0.3 is 14.2 Å². The number of imidazole rings is 1. The van der Waals surface area contributed by atoms with Gasteiger partial charge in [-0.05, 0) is 44.4 Å². The molecule has 1 aromatic carbocycles. The second kappa shape index (κ2) is 8.19. The zero-order valence-electron chi connectivity index (χ0n) is 15.1. The summed E-state index contributed by atoms with van der Waals surface area (Å²) in [5.41, 5.74) is 1.20. The first-order chi connectivity index (χ1) is 12.1. The molecule has 1 fully saturated rings. The van der Waals surface area contributed by atoms with Gasteiger partial charge in [0.25, 0.3) is 0 Å². The van der Waals surface area contributed by atoms with Crippen molar-refractivity contribution in [1.82, 2.24) is 14.5 Å². The van der Waals surface area contributed by atoms with Crippen LogP contribution < -0.4 is 4.74 Å². The summed E-state index contributed by atoms with van der Waals surface area (Å²) in [5.74, 6) is 2.51. The minimum atomic E-state index is 0.230. The lowest BCUT2D eigenvalue weighted by atomic mass is 9.98. The Hall–Kier alpha value is -2.30. The molecule has 0 saturated carbocycles. The lowest BCUT2D eigenvalue weighted by molar-refractivity contribution is -0.133. The summed E-state index contributed by atoms with van der Waals surface area (Å²) in [6.07, 6.45) is 6.41. The van der Waals surface area contributed by atoms with Crippen LogP contribution in [0.15, 0.2) is 36.7 Å². The second-order valence-electron chi connectivity index (χ2n) is 6.89. The molecule has 2 heterocycles. The number of likely N-dealkylation sites (tertiary alicyclic amines) is 1. The van der Waals surface area contributed by atoms with Crippen LogP contribution in [0.2, 0.25) is 0 Å². The van der Waals surface area contributed by atoms with Gasteiger partial charge in [0, 0.05) is 44.4 Å². The van der Waals surface area contributed by atoms with Gasteiger partial charge in [-0.3, -0.25) is 4.79 Å². The maximum Gasteiger partial charge on any atom is 0.224 e. The van der Waals surface area contributed by atoms with E-state index in [1.807, 2.05) is 34.7 Å². The van der Waals surface area contributed by atoms with Crippen LogP contribution in [0.3, 0.4) is 0 Å². The van der Waals surface area contributed by atoms with E-state index in [-0.39, 0.29) is 5.91 Å². The van der Waals surface area contributed by atoms with Crippen LogP contribution in [0.4, 0.5) is 0 Å². The van der Waals surface area contributed by atoms with E-state index in [1.165, 1.54) is 5.56 Å². The minimum Gasteiger partial charge on any atom is -0.493 e. The van der Waals surface area contributed by atoms with Crippen LogP contribution in [0.1, 0.15) is 30.7 Å². The van der Waals surface area contributed by atoms with Crippen molar-refractivity contribution in [3.05, 3.63) is 48.0 Å². The molecule has 1 aromatic heterocycles. The highest BCUT2D eigenvalue weighted by Gasteiger charge is 2.24. The third-order valence-electron chi connectivity index (χ3n) is 4.84. The molecule has 3 rings (SSSR count). The third kappa shape index (κ3) is 4.84. The van der Waals surface area contributed by atoms with E-state index in [2.05, 4.69) is 24.0 Å².